The lowest BCUT2D eigenvalue weighted by atomic mass is 9.99. The molecule has 5 nitrogen and oxygen atoms in total. The quantitative estimate of drug-likeness (QED) is 0.544. The molecular weight excluding hydrogens is 348 g/mol. The lowest BCUT2D eigenvalue weighted by molar-refractivity contribution is -0.114. The van der Waals surface area contributed by atoms with Crippen molar-refractivity contribution in [2.24, 2.45) is 0 Å². The average Bonchev–Trinajstić information content (AvgIpc) is 3.07. The zero-order valence-electron chi connectivity index (χ0n) is 14.0. The highest BCUT2D eigenvalue weighted by Crippen LogP contribution is 2.34. The molecule has 0 spiro atoms. The molecule has 0 saturated heterocycles. The zero-order valence-corrected chi connectivity index (χ0v) is 14.7. The summed E-state index contributed by atoms with van der Waals surface area (Å²) >= 11 is 6.00. The highest BCUT2D eigenvalue weighted by atomic mass is 35.5. The van der Waals surface area contributed by atoms with Crippen LogP contribution < -0.4 is 5.32 Å². The smallest absolute Gasteiger partial charge is 0.221 e. The van der Waals surface area contributed by atoms with Gasteiger partial charge in [-0.3, -0.25) is 9.89 Å². The maximum atomic E-state index is 11.2. The normalized spacial score (nSPS) is 10.8. The fraction of sp³-hybridized carbons (Fsp3) is 0.0500. The van der Waals surface area contributed by atoms with Gasteiger partial charge in [-0.2, -0.15) is 5.10 Å². The van der Waals surface area contributed by atoms with Gasteiger partial charge >= 0.3 is 0 Å². The van der Waals surface area contributed by atoms with E-state index in [2.05, 4.69) is 20.5 Å². The molecule has 6 heteroatoms. The number of fused-ring (bicyclic) bond motifs is 1. The molecule has 0 aliphatic heterocycles. The average molecular weight is 363 g/mol. The number of nitrogens with zero attached hydrogens (tertiary/aromatic N) is 2. The molecule has 1 amide bonds. The van der Waals surface area contributed by atoms with Crippen LogP contribution in [0.3, 0.4) is 0 Å². The van der Waals surface area contributed by atoms with Crippen LogP contribution in [0, 0.1) is 0 Å². The lowest BCUT2D eigenvalue weighted by Gasteiger charge is -2.07. The molecule has 128 valence electrons. The lowest BCUT2D eigenvalue weighted by Crippen LogP contribution is -2.05. The van der Waals surface area contributed by atoms with Gasteiger partial charge in [0.1, 0.15) is 0 Å². The van der Waals surface area contributed by atoms with Gasteiger partial charge in [-0.15, -0.1) is 0 Å². The summed E-state index contributed by atoms with van der Waals surface area (Å²) < 4.78 is 0. The van der Waals surface area contributed by atoms with Crippen molar-refractivity contribution in [2.45, 2.75) is 6.92 Å². The maximum Gasteiger partial charge on any atom is 0.221 e. The summed E-state index contributed by atoms with van der Waals surface area (Å²) in [5, 5.41) is 11.8. The van der Waals surface area contributed by atoms with Crippen LogP contribution in [0.1, 0.15) is 6.92 Å². The van der Waals surface area contributed by atoms with Crippen molar-refractivity contribution in [3.8, 4) is 22.4 Å². The number of rotatable bonds is 3. The molecule has 26 heavy (non-hydrogen) atoms. The van der Waals surface area contributed by atoms with Crippen molar-refractivity contribution < 1.29 is 4.79 Å². The molecule has 0 aliphatic carbocycles. The van der Waals surface area contributed by atoms with E-state index in [-0.39, 0.29) is 5.91 Å². The Kier molecular flexibility index (Phi) is 4.14. The SMILES string of the molecule is CC(=O)Nc1ccc(-c2ccnc3n[nH]c(-c4ccc(Cl)cc4)c23)cc1. The molecule has 0 saturated carbocycles. The number of carbonyl (C=O) groups excluding carboxylic acids is 1. The second-order valence-electron chi connectivity index (χ2n) is 5.92. The van der Waals surface area contributed by atoms with E-state index >= 15 is 0 Å². The number of pyridine rings is 1. The number of hydrogen-bond acceptors (Lipinski definition) is 3. The molecule has 0 fully saturated rings. The first-order chi connectivity index (χ1) is 12.6. The van der Waals surface area contributed by atoms with E-state index in [1.165, 1.54) is 6.92 Å². The van der Waals surface area contributed by atoms with Crippen LogP contribution >= 0.6 is 11.6 Å². The summed E-state index contributed by atoms with van der Waals surface area (Å²) in [7, 11) is 0. The molecule has 0 radical (unpaired) electrons. The molecule has 4 aromatic rings. The van der Waals surface area contributed by atoms with E-state index in [0.717, 1.165) is 33.5 Å². The minimum Gasteiger partial charge on any atom is -0.326 e. The maximum absolute atomic E-state index is 11.2. The number of H-pyrrole nitrogens is 1. The van der Waals surface area contributed by atoms with E-state index in [4.69, 9.17) is 11.6 Å². The van der Waals surface area contributed by atoms with Crippen LogP contribution in [0.4, 0.5) is 5.69 Å². The van der Waals surface area contributed by atoms with Gasteiger partial charge in [0, 0.05) is 29.4 Å². The first kappa shape index (κ1) is 16.3. The summed E-state index contributed by atoms with van der Waals surface area (Å²) in [5.41, 5.74) is 5.33. The first-order valence-electron chi connectivity index (χ1n) is 8.09. The highest BCUT2D eigenvalue weighted by molar-refractivity contribution is 6.30. The van der Waals surface area contributed by atoms with Crippen molar-refractivity contribution >= 4 is 34.2 Å². The minimum atomic E-state index is -0.0936. The van der Waals surface area contributed by atoms with Crippen molar-refractivity contribution in [2.75, 3.05) is 5.32 Å². The number of nitrogens with one attached hydrogen (secondary N) is 2. The fourth-order valence-corrected chi connectivity index (χ4v) is 3.08. The Hall–Kier alpha value is -3.18. The van der Waals surface area contributed by atoms with Gasteiger partial charge in [-0.05, 0) is 41.5 Å². The molecule has 2 aromatic carbocycles. The van der Waals surface area contributed by atoms with Crippen LogP contribution in [-0.4, -0.2) is 21.1 Å². The Morgan fingerprint density at radius 2 is 1.69 bits per heavy atom. The van der Waals surface area contributed by atoms with Crippen molar-refractivity contribution in [1.82, 2.24) is 15.2 Å². The highest BCUT2D eigenvalue weighted by Gasteiger charge is 2.14. The number of aromatic amines is 1. The van der Waals surface area contributed by atoms with Crippen molar-refractivity contribution in [3.05, 3.63) is 65.8 Å². The third-order valence-electron chi connectivity index (χ3n) is 4.10. The minimum absolute atomic E-state index is 0.0936. The number of carbonyl (C=O) groups is 1. The second-order valence-corrected chi connectivity index (χ2v) is 6.36. The third kappa shape index (κ3) is 3.05. The van der Waals surface area contributed by atoms with E-state index in [9.17, 15) is 4.79 Å². The summed E-state index contributed by atoms with van der Waals surface area (Å²) in [5.74, 6) is -0.0936. The molecule has 2 aromatic heterocycles. The number of halogens is 1. The van der Waals surface area contributed by atoms with Crippen LogP contribution in [0.5, 0.6) is 0 Å². The van der Waals surface area contributed by atoms with Crippen LogP contribution in [0.15, 0.2) is 60.8 Å². The zero-order chi connectivity index (χ0) is 18.1. The third-order valence-corrected chi connectivity index (χ3v) is 4.36. The Bertz CT molecular complexity index is 1090. The fourth-order valence-electron chi connectivity index (χ4n) is 2.95. The van der Waals surface area contributed by atoms with E-state index in [1.54, 1.807) is 6.20 Å². The van der Waals surface area contributed by atoms with Gasteiger partial charge in [0.25, 0.3) is 0 Å². The number of aromatic nitrogens is 3. The van der Waals surface area contributed by atoms with Crippen LogP contribution in [0.2, 0.25) is 5.02 Å². The molecular formula is C20H15ClN4O. The summed E-state index contributed by atoms with van der Waals surface area (Å²) in [6.07, 6.45) is 1.74. The van der Waals surface area contributed by atoms with Gasteiger partial charge in [-0.25, -0.2) is 4.98 Å². The predicted octanol–water partition coefficient (Wildman–Crippen LogP) is 4.90. The number of anilines is 1. The first-order valence-corrected chi connectivity index (χ1v) is 8.46. The Morgan fingerprint density at radius 3 is 2.38 bits per heavy atom. The molecule has 0 aliphatic rings. The van der Waals surface area contributed by atoms with Crippen LogP contribution in [0.25, 0.3) is 33.4 Å². The van der Waals surface area contributed by atoms with E-state index in [1.807, 2.05) is 54.6 Å². The topological polar surface area (TPSA) is 70.7 Å². The van der Waals surface area contributed by atoms with Crippen molar-refractivity contribution in [3.63, 3.8) is 0 Å². The molecule has 2 N–H and O–H groups in total. The summed E-state index contributed by atoms with van der Waals surface area (Å²) in [4.78, 5) is 15.6. The Balaban J connectivity index is 1.84. The molecule has 2 heterocycles. The summed E-state index contributed by atoms with van der Waals surface area (Å²) in [6.45, 7) is 1.49. The largest absolute Gasteiger partial charge is 0.326 e. The molecule has 0 atom stereocenters. The number of amides is 1. The van der Waals surface area contributed by atoms with Gasteiger partial charge in [0.2, 0.25) is 5.91 Å². The monoisotopic (exact) mass is 362 g/mol. The standard InChI is InChI=1S/C20H15ClN4O/c1-12(26)23-16-8-4-13(5-9-16)17-10-11-22-20-18(17)19(24-25-20)14-2-6-15(21)7-3-14/h2-11H,1H3,(H,23,26)(H,22,24,25). The number of hydrogen-bond donors (Lipinski definition) is 2. The Morgan fingerprint density at radius 1 is 1.00 bits per heavy atom. The van der Waals surface area contributed by atoms with Gasteiger partial charge in [0.05, 0.1) is 11.1 Å². The summed E-state index contributed by atoms with van der Waals surface area (Å²) in [6, 6.07) is 17.3. The van der Waals surface area contributed by atoms with Gasteiger partial charge in [-0.1, -0.05) is 35.9 Å². The van der Waals surface area contributed by atoms with Crippen LogP contribution in [-0.2, 0) is 4.79 Å². The van der Waals surface area contributed by atoms with Gasteiger partial charge < -0.3 is 5.32 Å². The van der Waals surface area contributed by atoms with Crippen molar-refractivity contribution in [1.29, 1.82) is 0 Å². The van der Waals surface area contributed by atoms with E-state index < -0.39 is 0 Å². The molecule has 4 rings (SSSR count). The molecule has 0 unspecified atom stereocenters. The number of benzene rings is 2. The van der Waals surface area contributed by atoms with E-state index in [0.29, 0.717) is 10.7 Å². The Labute approximate surface area is 155 Å². The predicted molar refractivity (Wildman–Crippen MR) is 104 cm³/mol. The molecule has 0 bridgehead atoms. The second kappa shape index (κ2) is 6.61. The van der Waals surface area contributed by atoms with Gasteiger partial charge in [0.15, 0.2) is 5.65 Å².